The van der Waals surface area contributed by atoms with E-state index in [0.29, 0.717) is 30.4 Å². The monoisotopic (exact) mass is 435 g/mol. The van der Waals surface area contributed by atoms with Crippen molar-refractivity contribution in [1.82, 2.24) is 9.62 Å². The van der Waals surface area contributed by atoms with Gasteiger partial charge < -0.3 is 10.1 Å². The number of fused-ring (bicyclic) bond motifs is 1. The van der Waals surface area contributed by atoms with Crippen molar-refractivity contribution in [2.45, 2.75) is 56.4 Å². The molecule has 2 atom stereocenters. The first-order valence-electron chi connectivity index (χ1n) is 10.7. The number of nitrogens with zero attached hydrogens (tertiary/aromatic N) is 2. The first kappa shape index (κ1) is 21.1. The maximum absolute atomic E-state index is 12.9. The number of amides is 2. The molecule has 1 aromatic carbocycles. The van der Waals surface area contributed by atoms with Gasteiger partial charge in [0.2, 0.25) is 15.9 Å². The molecule has 0 bridgehead atoms. The number of hydrogen-bond donors (Lipinski definition) is 1. The average Bonchev–Trinajstić information content (AvgIpc) is 3.27. The molecule has 1 saturated heterocycles. The third kappa shape index (κ3) is 4.18. The van der Waals surface area contributed by atoms with Gasteiger partial charge in [-0.1, -0.05) is 19.8 Å². The molecule has 8 nitrogen and oxygen atoms in total. The molecule has 1 saturated carbocycles. The van der Waals surface area contributed by atoms with Crippen molar-refractivity contribution in [3.63, 3.8) is 0 Å². The Balaban J connectivity index is 1.55. The van der Waals surface area contributed by atoms with E-state index in [1.165, 1.54) is 27.8 Å². The normalized spacial score (nSPS) is 25.0. The number of ether oxygens (including phenoxy) is 1. The van der Waals surface area contributed by atoms with Crippen LogP contribution >= 0.6 is 0 Å². The van der Waals surface area contributed by atoms with Crippen LogP contribution in [0.3, 0.4) is 0 Å². The lowest BCUT2D eigenvalue weighted by Gasteiger charge is -2.32. The smallest absolute Gasteiger partial charge is 0.265 e. The Morgan fingerprint density at radius 3 is 2.63 bits per heavy atom. The molecule has 3 aliphatic rings. The number of benzene rings is 1. The maximum Gasteiger partial charge on any atom is 0.265 e. The number of hydrogen-bond acceptors (Lipinski definition) is 5. The fourth-order valence-corrected chi connectivity index (χ4v) is 6.06. The van der Waals surface area contributed by atoms with Crippen LogP contribution in [-0.4, -0.2) is 56.8 Å². The van der Waals surface area contributed by atoms with Crippen LogP contribution in [0.25, 0.3) is 0 Å². The van der Waals surface area contributed by atoms with E-state index >= 15 is 0 Å². The second-order valence-electron chi connectivity index (χ2n) is 8.45. The summed E-state index contributed by atoms with van der Waals surface area (Å²) in [6.45, 7) is 2.82. The molecule has 1 aromatic rings. The van der Waals surface area contributed by atoms with E-state index in [1.54, 1.807) is 6.07 Å². The summed E-state index contributed by atoms with van der Waals surface area (Å²) in [6.07, 6.45) is 5.99. The molecular weight excluding hydrogens is 406 g/mol. The Morgan fingerprint density at radius 1 is 1.17 bits per heavy atom. The van der Waals surface area contributed by atoms with Crippen molar-refractivity contribution in [3.8, 4) is 5.75 Å². The Hall–Kier alpha value is -2.13. The minimum Gasteiger partial charge on any atom is -0.482 e. The number of carbonyl (C=O) groups excluding carboxylic acids is 2. The lowest BCUT2D eigenvalue weighted by Crippen LogP contribution is -2.49. The first-order chi connectivity index (χ1) is 14.4. The lowest BCUT2D eigenvalue weighted by atomic mass is 9.86. The summed E-state index contributed by atoms with van der Waals surface area (Å²) in [5.74, 6) is 0.231. The highest BCUT2D eigenvalue weighted by Crippen LogP contribution is 2.35. The van der Waals surface area contributed by atoms with Crippen LogP contribution in [0.5, 0.6) is 5.75 Å². The third-order valence-electron chi connectivity index (χ3n) is 6.34. The fraction of sp³-hybridized carbons (Fsp3) is 0.619. The van der Waals surface area contributed by atoms with Crippen LogP contribution < -0.4 is 15.0 Å². The standard InChI is InChI=1S/C21H29N3O5S/c1-15-6-2-3-7-17(15)22-20(25)13-24-18-12-16(8-9-19(18)29-14-21(24)26)30(27,28)23-10-4-5-11-23/h8-9,12,15,17H,2-7,10-11,13-14H2,1H3,(H,22,25). The Kier molecular flexibility index (Phi) is 6.02. The zero-order chi connectivity index (χ0) is 21.3. The molecule has 30 heavy (non-hydrogen) atoms. The van der Waals surface area contributed by atoms with Gasteiger partial charge in [-0.05, 0) is 49.8 Å². The highest BCUT2D eigenvalue weighted by atomic mass is 32.2. The number of nitrogens with one attached hydrogen (secondary N) is 1. The van der Waals surface area contributed by atoms with E-state index in [2.05, 4.69) is 12.2 Å². The van der Waals surface area contributed by atoms with Crippen molar-refractivity contribution < 1.29 is 22.7 Å². The fourth-order valence-electron chi connectivity index (χ4n) is 4.52. The maximum atomic E-state index is 12.9. The van der Waals surface area contributed by atoms with Crippen LogP contribution in [0.1, 0.15) is 45.4 Å². The second kappa shape index (κ2) is 8.55. The molecule has 2 unspecified atom stereocenters. The molecular formula is C21H29N3O5S. The molecule has 2 amide bonds. The lowest BCUT2D eigenvalue weighted by molar-refractivity contribution is -0.126. The minimum absolute atomic E-state index is 0.115. The molecule has 2 aliphatic heterocycles. The number of rotatable bonds is 5. The number of anilines is 1. The van der Waals surface area contributed by atoms with E-state index in [1.807, 2.05) is 0 Å². The molecule has 0 aromatic heterocycles. The van der Waals surface area contributed by atoms with Crippen molar-refractivity contribution >= 4 is 27.5 Å². The van der Waals surface area contributed by atoms with E-state index in [4.69, 9.17) is 4.74 Å². The topological polar surface area (TPSA) is 96.0 Å². The average molecular weight is 436 g/mol. The molecule has 1 N–H and O–H groups in total. The summed E-state index contributed by atoms with van der Waals surface area (Å²) in [6, 6.07) is 4.64. The van der Waals surface area contributed by atoms with Gasteiger partial charge in [0.05, 0.1) is 10.6 Å². The Labute approximate surface area is 177 Å². The van der Waals surface area contributed by atoms with Crippen LogP contribution in [-0.2, 0) is 19.6 Å². The van der Waals surface area contributed by atoms with Gasteiger partial charge in [0.25, 0.3) is 5.91 Å². The van der Waals surface area contributed by atoms with Gasteiger partial charge in [0.15, 0.2) is 6.61 Å². The SMILES string of the molecule is CC1CCCCC1NC(=O)CN1C(=O)COc2ccc(S(=O)(=O)N3CCCC3)cc21. The van der Waals surface area contributed by atoms with Crippen LogP contribution in [0.4, 0.5) is 5.69 Å². The molecule has 1 aliphatic carbocycles. The van der Waals surface area contributed by atoms with E-state index in [-0.39, 0.29) is 35.9 Å². The van der Waals surface area contributed by atoms with Gasteiger partial charge in [0, 0.05) is 19.1 Å². The zero-order valence-electron chi connectivity index (χ0n) is 17.3. The molecule has 2 fully saturated rings. The summed E-state index contributed by atoms with van der Waals surface area (Å²) >= 11 is 0. The summed E-state index contributed by atoms with van der Waals surface area (Å²) in [5.41, 5.74) is 0.332. The van der Waals surface area contributed by atoms with E-state index in [9.17, 15) is 18.0 Å². The second-order valence-corrected chi connectivity index (χ2v) is 10.4. The Bertz CT molecular complexity index is 927. The highest BCUT2D eigenvalue weighted by molar-refractivity contribution is 7.89. The van der Waals surface area contributed by atoms with Crippen molar-refractivity contribution in [2.24, 2.45) is 5.92 Å². The van der Waals surface area contributed by atoms with Gasteiger partial charge >= 0.3 is 0 Å². The predicted octanol–water partition coefficient (Wildman–Crippen LogP) is 1.89. The molecule has 164 valence electrons. The summed E-state index contributed by atoms with van der Waals surface area (Å²) in [5, 5.41) is 3.06. The largest absolute Gasteiger partial charge is 0.482 e. The first-order valence-corrected chi connectivity index (χ1v) is 12.2. The van der Waals surface area contributed by atoms with Gasteiger partial charge in [-0.2, -0.15) is 4.31 Å². The van der Waals surface area contributed by atoms with Crippen molar-refractivity contribution in [3.05, 3.63) is 18.2 Å². The Morgan fingerprint density at radius 2 is 1.90 bits per heavy atom. The van der Waals surface area contributed by atoms with Gasteiger partial charge in [0.1, 0.15) is 12.3 Å². The molecule has 4 rings (SSSR count). The third-order valence-corrected chi connectivity index (χ3v) is 8.23. The number of carbonyl (C=O) groups is 2. The van der Waals surface area contributed by atoms with Crippen molar-refractivity contribution in [1.29, 1.82) is 0 Å². The van der Waals surface area contributed by atoms with E-state index < -0.39 is 10.0 Å². The van der Waals surface area contributed by atoms with Crippen LogP contribution in [0.15, 0.2) is 23.1 Å². The highest BCUT2D eigenvalue weighted by Gasteiger charge is 2.33. The van der Waals surface area contributed by atoms with Crippen LogP contribution in [0, 0.1) is 5.92 Å². The van der Waals surface area contributed by atoms with Gasteiger partial charge in [-0.15, -0.1) is 0 Å². The molecule has 9 heteroatoms. The number of sulfonamides is 1. The molecule has 2 heterocycles. The summed E-state index contributed by atoms with van der Waals surface area (Å²) in [4.78, 5) is 26.7. The van der Waals surface area contributed by atoms with Gasteiger partial charge in [-0.25, -0.2) is 8.42 Å². The quantitative estimate of drug-likeness (QED) is 0.762. The minimum atomic E-state index is -3.63. The van der Waals surface area contributed by atoms with E-state index in [0.717, 1.165) is 32.1 Å². The van der Waals surface area contributed by atoms with Gasteiger partial charge in [-0.3, -0.25) is 14.5 Å². The summed E-state index contributed by atoms with van der Waals surface area (Å²) < 4.78 is 32.8. The predicted molar refractivity (Wildman–Crippen MR) is 112 cm³/mol. The zero-order valence-corrected chi connectivity index (χ0v) is 18.1. The molecule has 0 radical (unpaired) electrons. The van der Waals surface area contributed by atoms with Crippen LogP contribution in [0.2, 0.25) is 0 Å². The molecule has 0 spiro atoms. The van der Waals surface area contributed by atoms with Crippen molar-refractivity contribution in [2.75, 3.05) is 31.1 Å². The summed E-state index contributed by atoms with van der Waals surface area (Å²) in [7, 11) is -3.63.